The summed E-state index contributed by atoms with van der Waals surface area (Å²) in [7, 11) is 1.60. The molecule has 3 aromatic rings. The molecule has 7 heteroatoms. The Bertz CT molecular complexity index is 972. The predicted octanol–water partition coefficient (Wildman–Crippen LogP) is 4.30. The van der Waals surface area contributed by atoms with Crippen molar-refractivity contribution in [3.8, 4) is 22.8 Å². The molecule has 0 radical (unpaired) electrons. The SMILES string of the molecule is COc1ccc(-c2nnc(S[C@H]3CCCC3=O)n2-c2ccccc2F)cc1. The molecule has 1 aromatic heterocycles. The second kappa shape index (κ2) is 7.52. The zero-order valence-electron chi connectivity index (χ0n) is 14.8. The summed E-state index contributed by atoms with van der Waals surface area (Å²) in [6.45, 7) is 0. The van der Waals surface area contributed by atoms with Crippen molar-refractivity contribution in [1.29, 1.82) is 0 Å². The molecule has 27 heavy (non-hydrogen) atoms. The van der Waals surface area contributed by atoms with Crippen LogP contribution in [0.3, 0.4) is 0 Å². The highest BCUT2D eigenvalue weighted by atomic mass is 32.2. The lowest BCUT2D eigenvalue weighted by Gasteiger charge is -2.13. The summed E-state index contributed by atoms with van der Waals surface area (Å²) >= 11 is 1.36. The van der Waals surface area contributed by atoms with Crippen LogP contribution in [0.2, 0.25) is 0 Å². The third-order valence-electron chi connectivity index (χ3n) is 4.57. The van der Waals surface area contributed by atoms with Crippen LogP contribution in [0.1, 0.15) is 19.3 Å². The van der Waals surface area contributed by atoms with Crippen LogP contribution in [0.25, 0.3) is 17.1 Å². The fourth-order valence-corrected chi connectivity index (χ4v) is 4.33. The molecular formula is C20H18FN3O2S. The number of Topliss-reactive ketones (excluding diaryl/α,β-unsaturated/α-hetero) is 1. The van der Waals surface area contributed by atoms with Gasteiger partial charge in [-0.1, -0.05) is 23.9 Å². The summed E-state index contributed by atoms with van der Waals surface area (Å²) < 4.78 is 21.5. The number of halogens is 1. The van der Waals surface area contributed by atoms with Gasteiger partial charge in [-0.05, 0) is 49.2 Å². The van der Waals surface area contributed by atoms with Crippen molar-refractivity contribution in [2.24, 2.45) is 0 Å². The standard InChI is InChI=1S/C20H18FN3O2S/c1-26-14-11-9-13(10-12-14)19-22-23-20(27-18-8-4-7-17(18)25)24(19)16-6-3-2-5-15(16)21/h2-3,5-6,9-12,18H,4,7-8H2,1H3/t18-/m0/s1. The molecule has 2 aromatic carbocycles. The number of ketones is 1. The lowest BCUT2D eigenvalue weighted by atomic mass is 10.2. The van der Waals surface area contributed by atoms with Gasteiger partial charge in [-0.15, -0.1) is 10.2 Å². The van der Waals surface area contributed by atoms with E-state index in [0.717, 1.165) is 24.2 Å². The third kappa shape index (κ3) is 3.47. The van der Waals surface area contributed by atoms with Gasteiger partial charge in [0.2, 0.25) is 0 Å². The number of methoxy groups -OCH3 is 1. The van der Waals surface area contributed by atoms with Gasteiger partial charge in [0.1, 0.15) is 17.3 Å². The van der Waals surface area contributed by atoms with Crippen LogP contribution in [0.4, 0.5) is 4.39 Å². The quantitative estimate of drug-likeness (QED) is 0.658. The van der Waals surface area contributed by atoms with Crippen LogP contribution in [0, 0.1) is 5.82 Å². The highest BCUT2D eigenvalue weighted by Gasteiger charge is 2.29. The summed E-state index contributed by atoms with van der Waals surface area (Å²) in [4.78, 5) is 12.1. The van der Waals surface area contributed by atoms with Gasteiger partial charge in [0.15, 0.2) is 11.0 Å². The summed E-state index contributed by atoms with van der Waals surface area (Å²) in [5.41, 5.74) is 1.15. The van der Waals surface area contributed by atoms with Crippen LogP contribution in [0.15, 0.2) is 53.7 Å². The first-order chi connectivity index (χ1) is 13.2. The average molecular weight is 383 g/mol. The van der Waals surface area contributed by atoms with Crippen molar-refractivity contribution in [3.05, 3.63) is 54.3 Å². The predicted molar refractivity (Wildman–Crippen MR) is 102 cm³/mol. The van der Waals surface area contributed by atoms with Crippen LogP contribution in [-0.4, -0.2) is 32.9 Å². The number of carbonyl (C=O) groups excluding carboxylic acids is 1. The van der Waals surface area contributed by atoms with Gasteiger partial charge in [-0.25, -0.2) is 4.39 Å². The van der Waals surface area contributed by atoms with E-state index in [1.807, 2.05) is 24.3 Å². The summed E-state index contributed by atoms with van der Waals surface area (Å²) in [6.07, 6.45) is 2.29. The first-order valence-corrected chi connectivity index (χ1v) is 9.59. The molecule has 1 fully saturated rings. The van der Waals surface area contributed by atoms with Crippen LogP contribution < -0.4 is 4.74 Å². The normalized spacial score (nSPS) is 16.7. The average Bonchev–Trinajstić information content (AvgIpc) is 3.29. The molecule has 0 saturated heterocycles. The Morgan fingerprint density at radius 1 is 1.15 bits per heavy atom. The molecule has 1 aliphatic rings. The van der Waals surface area contributed by atoms with E-state index in [1.54, 1.807) is 29.9 Å². The molecule has 0 aliphatic heterocycles. The Morgan fingerprint density at radius 3 is 2.59 bits per heavy atom. The van der Waals surface area contributed by atoms with Gasteiger partial charge in [0.25, 0.3) is 0 Å². The first kappa shape index (κ1) is 17.7. The van der Waals surface area contributed by atoms with Gasteiger partial charge < -0.3 is 4.74 Å². The fraction of sp³-hybridized carbons (Fsp3) is 0.250. The number of para-hydroxylation sites is 1. The summed E-state index contributed by atoms with van der Waals surface area (Å²) in [5.74, 6) is 1.10. The molecule has 0 bridgehead atoms. The number of ether oxygens (including phenoxy) is 1. The van der Waals surface area contributed by atoms with Gasteiger partial charge in [-0.2, -0.15) is 0 Å². The van der Waals surface area contributed by atoms with E-state index in [4.69, 9.17) is 4.74 Å². The number of aromatic nitrogens is 3. The Hall–Kier alpha value is -2.67. The number of carbonyl (C=O) groups is 1. The number of nitrogens with zero attached hydrogens (tertiary/aromatic N) is 3. The van der Waals surface area contributed by atoms with E-state index in [9.17, 15) is 9.18 Å². The zero-order chi connectivity index (χ0) is 18.8. The van der Waals surface area contributed by atoms with Crippen LogP contribution >= 0.6 is 11.8 Å². The number of hydrogen-bond acceptors (Lipinski definition) is 5. The fourth-order valence-electron chi connectivity index (χ4n) is 3.16. The Morgan fingerprint density at radius 2 is 1.93 bits per heavy atom. The molecule has 4 rings (SSSR count). The number of hydrogen-bond donors (Lipinski definition) is 0. The largest absolute Gasteiger partial charge is 0.497 e. The Kier molecular flexibility index (Phi) is 4.94. The lowest BCUT2D eigenvalue weighted by Crippen LogP contribution is -2.10. The molecule has 0 unspecified atom stereocenters. The molecular weight excluding hydrogens is 365 g/mol. The van der Waals surface area contributed by atoms with E-state index in [-0.39, 0.29) is 16.9 Å². The van der Waals surface area contributed by atoms with Crippen molar-refractivity contribution in [2.45, 2.75) is 29.7 Å². The zero-order valence-corrected chi connectivity index (χ0v) is 15.6. The molecule has 1 heterocycles. The van der Waals surface area contributed by atoms with Crippen molar-refractivity contribution in [3.63, 3.8) is 0 Å². The van der Waals surface area contributed by atoms with E-state index >= 15 is 0 Å². The Labute approximate surface area is 160 Å². The maximum absolute atomic E-state index is 14.6. The molecule has 0 N–H and O–H groups in total. The van der Waals surface area contributed by atoms with Crippen molar-refractivity contribution in [1.82, 2.24) is 14.8 Å². The summed E-state index contributed by atoms with van der Waals surface area (Å²) in [5, 5.41) is 8.95. The monoisotopic (exact) mass is 383 g/mol. The molecule has 0 spiro atoms. The van der Waals surface area contributed by atoms with E-state index in [2.05, 4.69) is 10.2 Å². The number of rotatable bonds is 5. The van der Waals surface area contributed by atoms with Gasteiger partial charge >= 0.3 is 0 Å². The highest BCUT2D eigenvalue weighted by molar-refractivity contribution is 8.00. The van der Waals surface area contributed by atoms with E-state index < -0.39 is 0 Å². The number of thioether (sulfide) groups is 1. The van der Waals surface area contributed by atoms with Crippen molar-refractivity contribution >= 4 is 17.5 Å². The second-order valence-corrected chi connectivity index (χ2v) is 7.46. The highest BCUT2D eigenvalue weighted by Crippen LogP contribution is 2.35. The summed E-state index contributed by atoms with van der Waals surface area (Å²) in [6, 6.07) is 13.9. The second-order valence-electron chi connectivity index (χ2n) is 6.29. The minimum Gasteiger partial charge on any atom is -0.497 e. The minimum absolute atomic E-state index is 0.150. The smallest absolute Gasteiger partial charge is 0.196 e. The van der Waals surface area contributed by atoms with E-state index in [0.29, 0.717) is 23.1 Å². The van der Waals surface area contributed by atoms with Crippen LogP contribution in [-0.2, 0) is 4.79 Å². The third-order valence-corrected chi connectivity index (χ3v) is 5.83. The number of benzene rings is 2. The Balaban J connectivity index is 1.81. The lowest BCUT2D eigenvalue weighted by molar-refractivity contribution is -0.116. The molecule has 1 saturated carbocycles. The molecule has 1 aliphatic carbocycles. The minimum atomic E-state index is -0.369. The van der Waals surface area contributed by atoms with Gasteiger partial charge in [0.05, 0.1) is 18.0 Å². The maximum Gasteiger partial charge on any atom is 0.196 e. The van der Waals surface area contributed by atoms with Crippen molar-refractivity contribution < 1.29 is 13.9 Å². The molecule has 1 atom stereocenters. The van der Waals surface area contributed by atoms with Gasteiger partial charge in [-0.3, -0.25) is 9.36 Å². The van der Waals surface area contributed by atoms with Gasteiger partial charge in [0, 0.05) is 12.0 Å². The topological polar surface area (TPSA) is 57.0 Å². The molecule has 5 nitrogen and oxygen atoms in total. The first-order valence-electron chi connectivity index (χ1n) is 8.71. The van der Waals surface area contributed by atoms with Crippen LogP contribution in [0.5, 0.6) is 5.75 Å². The molecule has 138 valence electrons. The molecule has 0 amide bonds. The van der Waals surface area contributed by atoms with E-state index in [1.165, 1.54) is 17.8 Å². The maximum atomic E-state index is 14.6. The van der Waals surface area contributed by atoms with Crippen molar-refractivity contribution in [2.75, 3.05) is 7.11 Å².